The molecule has 1 heterocycles. The topological polar surface area (TPSA) is 50.1 Å². The summed E-state index contributed by atoms with van der Waals surface area (Å²) in [6, 6.07) is 9.15. The van der Waals surface area contributed by atoms with E-state index in [1.165, 1.54) is 0 Å². The van der Waals surface area contributed by atoms with E-state index in [1.54, 1.807) is 12.1 Å². The van der Waals surface area contributed by atoms with Gasteiger partial charge in [-0.3, -0.25) is 4.79 Å². The van der Waals surface area contributed by atoms with Crippen molar-refractivity contribution in [2.24, 2.45) is 5.92 Å². The normalized spacial score (nSPS) is 24.7. The fourth-order valence-corrected chi connectivity index (χ4v) is 1.49. The van der Waals surface area contributed by atoms with E-state index in [4.69, 9.17) is 10.00 Å². The third kappa shape index (κ3) is 1.25. The van der Waals surface area contributed by atoms with Gasteiger partial charge >= 0.3 is 5.97 Å². The van der Waals surface area contributed by atoms with E-state index < -0.39 is 0 Å². The molecule has 1 aromatic rings. The van der Waals surface area contributed by atoms with Gasteiger partial charge in [0, 0.05) is 0 Å². The van der Waals surface area contributed by atoms with Gasteiger partial charge in [-0.05, 0) is 24.6 Å². The fourth-order valence-electron chi connectivity index (χ4n) is 1.49. The summed E-state index contributed by atoms with van der Waals surface area (Å²) in [6.45, 7) is 1.84. The van der Waals surface area contributed by atoms with E-state index in [0.29, 0.717) is 5.56 Å². The standard InChI is InChI=1S/C11H9NO2/c1-7-10(14-11(7)13)9-4-2-8(6-12)3-5-9/h2-5,7,10H,1H3/t7-,10-/m1/s1. The predicted molar refractivity (Wildman–Crippen MR) is 49.2 cm³/mol. The molecular formula is C11H9NO2. The second kappa shape index (κ2) is 3.15. The lowest BCUT2D eigenvalue weighted by Crippen LogP contribution is -2.36. The average Bonchev–Trinajstić information content (AvgIpc) is 2.25. The van der Waals surface area contributed by atoms with Crippen molar-refractivity contribution in [3.05, 3.63) is 35.4 Å². The molecule has 1 aromatic carbocycles. The van der Waals surface area contributed by atoms with Gasteiger partial charge in [-0.25, -0.2) is 0 Å². The van der Waals surface area contributed by atoms with E-state index in [-0.39, 0.29) is 18.0 Å². The minimum atomic E-state index is -0.153. The number of carbonyl (C=O) groups is 1. The van der Waals surface area contributed by atoms with Crippen LogP contribution in [0.15, 0.2) is 24.3 Å². The smallest absolute Gasteiger partial charge is 0.313 e. The van der Waals surface area contributed by atoms with Gasteiger partial charge in [0.15, 0.2) is 0 Å². The third-order valence-electron chi connectivity index (χ3n) is 2.44. The summed E-state index contributed by atoms with van der Waals surface area (Å²) in [5.41, 5.74) is 1.57. The lowest BCUT2D eigenvalue weighted by atomic mass is 9.92. The lowest BCUT2D eigenvalue weighted by Gasteiger charge is -2.32. The molecule has 1 fully saturated rings. The Balaban J connectivity index is 2.19. The Kier molecular flexibility index (Phi) is 1.97. The molecule has 3 heteroatoms. The van der Waals surface area contributed by atoms with Gasteiger partial charge < -0.3 is 4.74 Å². The van der Waals surface area contributed by atoms with Gasteiger partial charge in [-0.1, -0.05) is 12.1 Å². The molecule has 0 N–H and O–H groups in total. The fraction of sp³-hybridized carbons (Fsp3) is 0.273. The first-order valence-corrected chi connectivity index (χ1v) is 4.43. The molecule has 70 valence electrons. The van der Waals surface area contributed by atoms with E-state index >= 15 is 0 Å². The van der Waals surface area contributed by atoms with Crippen molar-refractivity contribution in [1.29, 1.82) is 5.26 Å². The van der Waals surface area contributed by atoms with E-state index in [2.05, 4.69) is 0 Å². The summed E-state index contributed by atoms with van der Waals surface area (Å²) in [5.74, 6) is -0.220. The Morgan fingerprint density at radius 1 is 1.36 bits per heavy atom. The summed E-state index contributed by atoms with van der Waals surface area (Å²) in [6.07, 6.45) is -0.129. The van der Waals surface area contributed by atoms with Crippen LogP contribution in [0.25, 0.3) is 0 Å². The highest BCUT2D eigenvalue weighted by atomic mass is 16.6. The first-order chi connectivity index (χ1) is 6.72. The Morgan fingerprint density at radius 3 is 2.43 bits per heavy atom. The van der Waals surface area contributed by atoms with Crippen molar-refractivity contribution in [3.8, 4) is 6.07 Å². The SMILES string of the molecule is C[C@H]1C(=O)O[C@H]1c1ccc(C#N)cc1. The van der Waals surface area contributed by atoms with Gasteiger partial charge in [0.25, 0.3) is 0 Å². The summed E-state index contributed by atoms with van der Waals surface area (Å²) < 4.78 is 4.99. The van der Waals surface area contributed by atoms with Crippen molar-refractivity contribution in [2.45, 2.75) is 13.0 Å². The molecule has 1 aliphatic rings. The number of hydrogen-bond acceptors (Lipinski definition) is 3. The quantitative estimate of drug-likeness (QED) is 0.630. The maximum Gasteiger partial charge on any atom is 0.313 e. The highest BCUT2D eigenvalue weighted by Gasteiger charge is 2.39. The molecule has 0 radical (unpaired) electrons. The number of rotatable bonds is 1. The van der Waals surface area contributed by atoms with Crippen LogP contribution in [-0.2, 0) is 9.53 Å². The van der Waals surface area contributed by atoms with Gasteiger partial charge in [-0.2, -0.15) is 5.26 Å². The largest absolute Gasteiger partial charge is 0.456 e. The van der Waals surface area contributed by atoms with E-state index in [9.17, 15) is 4.79 Å². The molecule has 0 aliphatic carbocycles. The molecule has 3 nitrogen and oxygen atoms in total. The van der Waals surface area contributed by atoms with Crippen LogP contribution in [0.5, 0.6) is 0 Å². The molecule has 0 unspecified atom stereocenters. The third-order valence-corrected chi connectivity index (χ3v) is 2.44. The molecule has 0 saturated carbocycles. The molecule has 0 spiro atoms. The molecule has 0 aromatic heterocycles. The predicted octanol–water partition coefficient (Wildman–Crippen LogP) is 1.79. The van der Waals surface area contributed by atoms with Crippen molar-refractivity contribution in [3.63, 3.8) is 0 Å². The molecule has 2 atom stereocenters. The van der Waals surface area contributed by atoms with Crippen LogP contribution in [0.1, 0.15) is 24.2 Å². The summed E-state index contributed by atoms with van der Waals surface area (Å²) in [4.78, 5) is 10.9. The Morgan fingerprint density at radius 2 is 2.00 bits per heavy atom. The number of esters is 1. The minimum Gasteiger partial charge on any atom is -0.456 e. The Labute approximate surface area is 81.9 Å². The molecule has 0 bridgehead atoms. The van der Waals surface area contributed by atoms with Crippen LogP contribution < -0.4 is 0 Å². The number of nitriles is 1. The van der Waals surface area contributed by atoms with Crippen molar-refractivity contribution in [1.82, 2.24) is 0 Å². The van der Waals surface area contributed by atoms with Crippen molar-refractivity contribution >= 4 is 5.97 Å². The monoisotopic (exact) mass is 187 g/mol. The first kappa shape index (κ1) is 8.76. The number of ether oxygens (including phenoxy) is 1. The van der Waals surface area contributed by atoms with Crippen molar-refractivity contribution < 1.29 is 9.53 Å². The average molecular weight is 187 g/mol. The molecule has 14 heavy (non-hydrogen) atoms. The molecule has 1 aliphatic heterocycles. The number of nitrogens with zero attached hydrogens (tertiary/aromatic N) is 1. The second-order valence-electron chi connectivity index (χ2n) is 3.38. The van der Waals surface area contributed by atoms with Gasteiger partial charge in [0.05, 0.1) is 17.6 Å². The molecule has 2 rings (SSSR count). The second-order valence-corrected chi connectivity index (χ2v) is 3.38. The zero-order valence-electron chi connectivity index (χ0n) is 7.73. The van der Waals surface area contributed by atoms with Crippen LogP contribution in [-0.4, -0.2) is 5.97 Å². The highest BCUT2D eigenvalue weighted by Crippen LogP contribution is 2.36. The summed E-state index contributed by atoms with van der Waals surface area (Å²) >= 11 is 0. The summed E-state index contributed by atoms with van der Waals surface area (Å²) in [5, 5.41) is 8.60. The van der Waals surface area contributed by atoms with Crippen LogP contribution >= 0.6 is 0 Å². The Hall–Kier alpha value is -1.82. The van der Waals surface area contributed by atoms with Gasteiger partial charge in [0.2, 0.25) is 0 Å². The zero-order chi connectivity index (χ0) is 10.1. The first-order valence-electron chi connectivity index (χ1n) is 4.43. The number of carbonyl (C=O) groups excluding carboxylic acids is 1. The van der Waals surface area contributed by atoms with Crippen LogP contribution in [0, 0.1) is 17.2 Å². The van der Waals surface area contributed by atoms with Gasteiger partial charge in [0.1, 0.15) is 6.10 Å². The van der Waals surface area contributed by atoms with Crippen LogP contribution in [0.2, 0.25) is 0 Å². The number of benzene rings is 1. The van der Waals surface area contributed by atoms with E-state index in [0.717, 1.165) is 5.56 Å². The van der Waals surface area contributed by atoms with Crippen LogP contribution in [0.3, 0.4) is 0 Å². The maximum atomic E-state index is 10.9. The molecule has 1 saturated heterocycles. The van der Waals surface area contributed by atoms with Crippen molar-refractivity contribution in [2.75, 3.05) is 0 Å². The Bertz CT molecular complexity index is 402. The lowest BCUT2D eigenvalue weighted by molar-refractivity contribution is -0.183. The summed E-state index contributed by atoms with van der Waals surface area (Å²) in [7, 11) is 0. The minimum absolute atomic E-state index is 0.0667. The number of hydrogen-bond donors (Lipinski definition) is 0. The maximum absolute atomic E-state index is 10.9. The number of cyclic esters (lactones) is 1. The molecular weight excluding hydrogens is 178 g/mol. The molecule has 0 amide bonds. The van der Waals surface area contributed by atoms with Crippen LogP contribution in [0.4, 0.5) is 0 Å². The highest BCUT2D eigenvalue weighted by molar-refractivity contribution is 5.78. The van der Waals surface area contributed by atoms with Gasteiger partial charge in [-0.15, -0.1) is 0 Å². The van der Waals surface area contributed by atoms with E-state index in [1.807, 2.05) is 25.1 Å². The zero-order valence-corrected chi connectivity index (χ0v) is 7.73.